The fraction of sp³-hybridized carbons (Fsp3) is 0.278. The molecule has 1 atom stereocenters. The van der Waals surface area contributed by atoms with Crippen molar-refractivity contribution in [2.45, 2.75) is 19.4 Å². The molecule has 0 amide bonds. The van der Waals surface area contributed by atoms with E-state index < -0.39 is 0 Å². The van der Waals surface area contributed by atoms with E-state index in [1.54, 1.807) is 25.3 Å². The number of para-hydroxylation sites is 2. The Kier molecular flexibility index (Phi) is 5.42. The van der Waals surface area contributed by atoms with E-state index in [9.17, 15) is 4.79 Å². The van der Waals surface area contributed by atoms with Crippen LogP contribution in [-0.4, -0.2) is 26.3 Å². The van der Waals surface area contributed by atoms with Crippen molar-refractivity contribution in [3.05, 3.63) is 59.7 Å². The van der Waals surface area contributed by atoms with Gasteiger partial charge in [0, 0.05) is 6.42 Å². The van der Waals surface area contributed by atoms with Gasteiger partial charge in [0.05, 0.1) is 14.2 Å². The number of ether oxygens (including phenoxy) is 3. The molecule has 0 saturated heterocycles. The smallest absolute Gasteiger partial charge is 0.342 e. The van der Waals surface area contributed by atoms with E-state index in [0.717, 1.165) is 11.3 Å². The lowest BCUT2D eigenvalue weighted by molar-refractivity contribution is 0.0338. The maximum absolute atomic E-state index is 12.2. The molecule has 1 unspecified atom stereocenters. The third kappa shape index (κ3) is 3.79. The first-order chi connectivity index (χ1) is 10.7. The van der Waals surface area contributed by atoms with Crippen LogP contribution in [0.1, 0.15) is 22.8 Å². The summed E-state index contributed by atoms with van der Waals surface area (Å²) in [5.41, 5.74) is 1.43. The van der Waals surface area contributed by atoms with Gasteiger partial charge in [0.25, 0.3) is 0 Å². The number of benzene rings is 2. The molecule has 4 heteroatoms. The maximum Gasteiger partial charge on any atom is 0.342 e. The van der Waals surface area contributed by atoms with E-state index in [-0.39, 0.29) is 12.1 Å². The van der Waals surface area contributed by atoms with Crippen LogP contribution < -0.4 is 9.47 Å². The molecular formula is C18H20O4. The number of hydrogen-bond acceptors (Lipinski definition) is 4. The minimum Gasteiger partial charge on any atom is -0.496 e. The molecule has 0 aliphatic rings. The van der Waals surface area contributed by atoms with E-state index in [4.69, 9.17) is 14.2 Å². The first kappa shape index (κ1) is 15.9. The van der Waals surface area contributed by atoms with Gasteiger partial charge >= 0.3 is 5.97 Å². The van der Waals surface area contributed by atoms with Crippen molar-refractivity contribution >= 4 is 5.97 Å². The molecule has 2 aromatic rings. The molecular weight excluding hydrogens is 280 g/mol. The monoisotopic (exact) mass is 300 g/mol. The Labute approximate surface area is 130 Å². The lowest BCUT2D eigenvalue weighted by Crippen LogP contribution is -2.18. The summed E-state index contributed by atoms with van der Waals surface area (Å²) in [6.45, 7) is 1.86. The Morgan fingerprint density at radius 3 is 2.23 bits per heavy atom. The summed E-state index contributed by atoms with van der Waals surface area (Å²) in [6.07, 6.45) is 0.318. The van der Waals surface area contributed by atoms with Crippen LogP contribution in [0.3, 0.4) is 0 Å². The number of esters is 1. The van der Waals surface area contributed by atoms with Gasteiger partial charge in [-0.05, 0) is 30.7 Å². The first-order valence-corrected chi connectivity index (χ1v) is 7.11. The van der Waals surface area contributed by atoms with Gasteiger partial charge in [-0.1, -0.05) is 30.3 Å². The summed E-state index contributed by atoms with van der Waals surface area (Å²) in [4.78, 5) is 12.2. The van der Waals surface area contributed by atoms with Crippen molar-refractivity contribution in [3.63, 3.8) is 0 Å². The average molecular weight is 300 g/mol. The predicted octanol–water partition coefficient (Wildman–Crippen LogP) is 3.49. The molecule has 0 fully saturated rings. The molecule has 0 aliphatic heterocycles. The van der Waals surface area contributed by atoms with Crippen LogP contribution in [0.25, 0.3) is 0 Å². The van der Waals surface area contributed by atoms with Gasteiger partial charge < -0.3 is 14.2 Å². The van der Waals surface area contributed by atoms with Crippen molar-refractivity contribution < 1.29 is 19.0 Å². The zero-order chi connectivity index (χ0) is 15.9. The molecule has 0 radical (unpaired) electrons. The molecule has 0 aromatic heterocycles. The summed E-state index contributed by atoms with van der Waals surface area (Å²) in [6, 6.07) is 14.7. The summed E-state index contributed by atoms with van der Waals surface area (Å²) >= 11 is 0. The van der Waals surface area contributed by atoms with E-state index in [0.29, 0.717) is 17.7 Å². The molecule has 0 saturated carbocycles. The van der Waals surface area contributed by atoms with Crippen LogP contribution in [0.5, 0.6) is 11.5 Å². The molecule has 0 bridgehead atoms. The van der Waals surface area contributed by atoms with Gasteiger partial charge in [0.1, 0.15) is 23.2 Å². The van der Waals surface area contributed by atoms with Crippen molar-refractivity contribution in [2.24, 2.45) is 0 Å². The summed E-state index contributed by atoms with van der Waals surface area (Å²) in [5.74, 6) is 0.916. The fourth-order valence-corrected chi connectivity index (χ4v) is 2.28. The van der Waals surface area contributed by atoms with Crippen LogP contribution in [0, 0.1) is 0 Å². The Balaban J connectivity index is 2.05. The van der Waals surface area contributed by atoms with Gasteiger partial charge in [0.15, 0.2) is 0 Å². The quantitative estimate of drug-likeness (QED) is 0.766. The lowest BCUT2D eigenvalue weighted by atomic mass is 10.1. The van der Waals surface area contributed by atoms with Crippen LogP contribution in [-0.2, 0) is 11.2 Å². The molecule has 2 rings (SSSR count). The van der Waals surface area contributed by atoms with E-state index in [1.807, 2.05) is 37.3 Å². The number of carbonyl (C=O) groups is 1. The minimum atomic E-state index is -0.389. The largest absolute Gasteiger partial charge is 0.496 e. The van der Waals surface area contributed by atoms with Crippen molar-refractivity contribution in [3.8, 4) is 11.5 Å². The Bertz CT molecular complexity index is 636. The summed E-state index contributed by atoms with van der Waals surface area (Å²) < 4.78 is 16.0. The van der Waals surface area contributed by atoms with Gasteiger partial charge in [-0.15, -0.1) is 0 Å². The van der Waals surface area contributed by atoms with Gasteiger partial charge in [-0.25, -0.2) is 4.79 Å². The van der Waals surface area contributed by atoms with E-state index in [2.05, 4.69) is 0 Å². The van der Waals surface area contributed by atoms with Crippen molar-refractivity contribution in [1.29, 1.82) is 0 Å². The normalized spacial score (nSPS) is 11.6. The first-order valence-electron chi connectivity index (χ1n) is 7.11. The van der Waals surface area contributed by atoms with Gasteiger partial charge in [0.2, 0.25) is 0 Å². The number of carbonyl (C=O) groups excluding carboxylic acids is 1. The highest BCUT2D eigenvalue weighted by Gasteiger charge is 2.17. The van der Waals surface area contributed by atoms with Crippen LogP contribution in [0.2, 0.25) is 0 Å². The zero-order valence-corrected chi connectivity index (χ0v) is 13.0. The van der Waals surface area contributed by atoms with Gasteiger partial charge in [-0.3, -0.25) is 0 Å². The number of hydrogen-bond donors (Lipinski definition) is 0. The molecule has 0 aliphatic carbocycles. The fourth-order valence-electron chi connectivity index (χ4n) is 2.28. The van der Waals surface area contributed by atoms with Crippen molar-refractivity contribution in [2.75, 3.05) is 14.2 Å². The second-order valence-corrected chi connectivity index (χ2v) is 4.93. The molecule has 0 heterocycles. The van der Waals surface area contributed by atoms with Gasteiger partial charge in [-0.2, -0.15) is 0 Å². The molecule has 4 nitrogen and oxygen atoms in total. The third-order valence-corrected chi connectivity index (χ3v) is 3.34. The van der Waals surface area contributed by atoms with Crippen LogP contribution >= 0.6 is 0 Å². The highest BCUT2D eigenvalue weighted by molar-refractivity contribution is 5.92. The molecule has 0 N–H and O–H groups in total. The second-order valence-electron chi connectivity index (χ2n) is 4.93. The predicted molar refractivity (Wildman–Crippen MR) is 84.6 cm³/mol. The SMILES string of the molecule is COc1ccccc1CC(C)OC(=O)c1ccccc1OC. The molecule has 22 heavy (non-hydrogen) atoms. The highest BCUT2D eigenvalue weighted by atomic mass is 16.5. The average Bonchev–Trinajstić information content (AvgIpc) is 2.55. The minimum absolute atomic E-state index is 0.270. The zero-order valence-electron chi connectivity index (χ0n) is 13.0. The topological polar surface area (TPSA) is 44.8 Å². The molecule has 0 spiro atoms. The number of methoxy groups -OCH3 is 2. The van der Waals surface area contributed by atoms with E-state index >= 15 is 0 Å². The standard InChI is InChI=1S/C18H20O4/c1-13(12-14-8-4-6-10-16(14)20-2)22-18(19)15-9-5-7-11-17(15)21-3/h4-11,13H,12H2,1-3H3. The lowest BCUT2D eigenvalue weighted by Gasteiger charge is -2.16. The molecule has 2 aromatic carbocycles. The maximum atomic E-state index is 12.2. The Morgan fingerprint density at radius 1 is 0.955 bits per heavy atom. The Hall–Kier alpha value is -2.49. The molecule has 116 valence electrons. The highest BCUT2D eigenvalue weighted by Crippen LogP contribution is 2.22. The number of rotatable bonds is 6. The van der Waals surface area contributed by atoms with Crippen LogP contribution in [0.15, 0.2) is 48.5 Å². The summed E-state index contributed by atoms with van der Waals surface area (Å²) in [5, 5.41) is 0. The van der Waals surface area contributed by atoms with Crippen LogP contribution in [0.4, 0.5) is 0 Å². The van der Waals surface area contributed by atoms with E-state index in [1.165, 1.54) is 7.11 Å². The second kappa shape index (κ2) is 7.50. The Morgan fingerprint density at radius 2 is 1.55 bits per heavy atom. The summed E-state index contributed by atoms with van der Waals surface area (Å²) in [7, 11) is 3.16. The third-order valence-electron chi connectivity index (χ3n) is 3.34. The van der Waals surface area contributed by atoms with Crippen molar-refractivity contribution in [1.82, 2.24) is 0 Å².